The normalized spacial score (nSPS) is 18.7. The van der Waals surface area contributed by atoms with Crippen molar-refractivity contribution in [2.45, 2.75) is 32.1 Å². The molecule has 1 heterocycles. The molecule has 1 aliphatic rings. The zero-order valence-corrected chi connectivity index (χ0v) is 9.73. The molecule has 0 atom stereocenters. The van der Waals surface area contributed by atoms with Gasteiger partial charge in [0.25, 0.3) is 0 Å². The molecule has 1 saturated carbocycles. The van der Waals surface area contributed by atoms with E-state index in [9.17, 15) is 0 Å². The van der Waals surface area contributed by atoms with Crippen molar-refractivity contribution < 1.29 is 0 Å². The Hall–Kier alpha value is -1.15. The van der Waals surface area contributed by atoms with E-state index in [0.717, 1.165) is 0 Å². The summed E-state index contributed by atoms with van der Waals surface area (Å²) >= 11 is 0. The Morgan fingerprint density at radius 1 is 1.25 bits per heavy atom. The highest BCUT2D eigenvalue weighted by atomic mass is 14.6. The fourth-order valence-corrected chi connectivity index (χ4v) is 2.49. The molecule has 0 aliphatic heterocycles. The van der Waals surface area contributed by atoms with Gasteiger partial charge in [0.15, 0.2) is 0 Å². The van der Waals surface area contributed by atoms with E-state index in [1.54, 1.807) is 0 Å². The molecule has 16 heavy (non-hydrogen) atoms. The molecular weight excluding hydrogens is 196 g/mol. The molecule has 1 aromatic heterocycles. The molecule has 0 radical (unpaired) electrons. The lowest BCUT2D eigenvalue weighted by molar-refractivity contribution is 0.401. The second kappa shape index (κ2) is 5.80. The van der Waals surface area contributed by atoms with Gasteiger partial charge in [-0.3, -0.25) is 4.98 Å². The van der Waals surface area contributed by atoms with E-state index in [2.05, 4.69) is 11.1 Å². The first-order valence-electron chi connectivity index (χ1n) is 6.20. The fourth-order valence-electron chi connectivity index (χ4n) is 2.49. The quantitative estimate of drug-likeness (QED) is 0.843. The molecule has 1 aliphatic carbocycles. The predicted molar refractivity (Wildman–Crippen MR) is 67.8 cm³/mol. The third-order valence-corrected chi connectivity index (χ3v) is 3.42. The van der Waals surface area contributed by atoms with Crippen molar-refractivity contribution in [2.75, 3.05) is 6.54 Å². The Labute approximate surface area is 97.6 Å². The van der Waals surface area contributed by atoms with Crippen molar-refractivity contribution in [3.8, 4) is 0 Å². The Morgan fingerprint density at radius 2 is 1.94 bits per heavy atom. The molecule has 1 aromatic rings. The minimum absolute atomic E-state index is 0.687. The lowest BCUT2D eigenvalue weighted by Gasteiger charge is -2.23. The lowest BCUT2D eigenvalue weighted by atomic mass is 9.83. The number of pyridine rings is 1. The maximum Gasteiger partial charge on any atom is 0.0273 e. The van der Waals surface area contributed by atoms with Crippen molar-refractivity contribution in [1.82, 2.24) is 4.98 Å². The molecular formula is C14H20N2. The van der Waals surface area contributed by atoms with Crippen molar-refractivity contribution in [3.63, 3.8) is 0 Å². The van der Waals surface area contributed by atoms with Gasteiger partial charge in [-0.1, -0.05) is 30.9 Å². The zero-order chi connectivity index (χ0) is 11.2. The van der Waals surface area contributed by atoms with Gasteiger partial charge in [-0.05, 0) is 36.5 Å². The molecule has 2 nitrogen and oxygen atoms in total. The Bertz CT molecular complexity index is 337. The van der Waals surface area contributed by atoms with Gasteiger partial charge >= 0.3 is 0 Å². The molecule has 0 aromatic carbocycles. The van der Waals surface area contributed by atoms with Crippen molar-refractivity contribution in [1.29, 1.82) is 0 Å². The Kier molecular flexibility index (Phi) is 4.11. The van der Waals surface area contributed by atoms with Crippen molar-refractivity contribution in [3.05, 3.63) is 35.7 Å². The minimum Gasteiger partial charge on any atom is -0.327 e. The molecule has 0 amide bonds. The van der Waals surface area contributed by atoms with Crippen LogP contribution >= 0.6 is 0 Å². The summed E-state index contributed by atoms with van der Waals surface area (Å²) in [5, 5.41) is 0. The SMILES string of the molecule is NCC(=Cc1ccncc1)C1CCCCC1. The number of hydrogen-bond acceptors (Lipinski definition) is 2. The topological polar surface area (TPSA) is 38.9 Å². The van der Waals surface area contributed by atoms with Gasteiger partial charge in [-0.15, -0.1) is 0 Å². The molecule has 86 valence electrons. The van der Waals surface area contributed by atoms with E-state index in [0.29, 0.717) is 12.5 Å². The summed E-state index contributed by atoms with van der Waals surface area (Å²) in [6.45, 7) is 0.687. The van der Waals surface area contributed by atoms with Gasteiger partial charge in [0.2, 0.25) is 0 Å². The largest absolute Gasteiger partial charge is 0.327 e. The van der Waals surface area contributed by atoms with Crippen LogP contribution in [-0.4, -0.2) is 11.5 Å². The first kappa shape index (κ1) is 11.3. The van der Waals surface area contributed by atoms with Gasteiger partial charge in [0.1, 0.15) is 0 Å². The van der Waals surface area contributed by atoms with Gasteiger partial charge in [0, 0.05) is 18.9 Å². The molecule has 0 spiro atoms. The molecule has 2 heteroatoms. The standard InChI is InChI=1S/C14H20N2/c15-11-14(13-4-2-1-3-5-13)10-12-6-8-16-9-7-12/h6-10,13H,1-5,11,15H2. The monoisotopic (exact) mass is 216 g/mol. The van der Waals surface area contributed by atoms with Crippen molar-refractivity contribution in [2.24, 2.45) is 11.7 Å². The number of hydrogen-bond donors (Lipinski definition) is 1. The summed E-state index contributed by atoms with van der Waals surface area (Å²) in [5.41, 5.74) is 8.50. The zero-order valence-electron chi connectivity index (χ0n) is 9.73. The minimum atomic E-state index is 0.687. The summed E-state index contributed by atoms with van der Waals surface area (Å²) in [6.07, 6.45) is 12.7. The van der Waals surface area contributed by atoms with E-state index in [4.69, 9.17) is 5.73 Å². The third-order valence-electron chi connectivity index (χ3n) is 3.42. The first-order valence-corrected chi connectivity index (χ1v) is 6.20. The van der Waals surface area contributed by atoms with E-state index in [1.807, 2.05) is 24.5 Å². The highest BCUT2D eigenvalue weighted by Gasteiger charge is 2.16. The molecule has 2 N–H and O–H groups in total. The lowest BCUT2D eigenvalue weighted by Crippen LogP contribution is -2.16. The van der Waals surface area contributed by atoms with Crippen LogP contribution in [0.15, 0.2) is 30.1 Å². The number of nitrogens with zero attached hydrogens (tertiary/aromatic N) is 1. The van der Waals surface area contributed by atoms with Crippen LogP contribution in [0.3, 0.4) is 0 Å². The van der Waals surface area contributed by atoms with Crippen LogP contribution in [-0.2, 0) is 0 Å². The van der Waals surface area contributed by atoms with Crippen LogP contribution in [0.2, 0.25) is 0 Å². The van der Waals surface area contributed by atoms with Gasteiger partial charge < -0.3 is 5.73 Å². The summed E-state index contributed by atoms with van der Waals surface area (Å²) in [6, 6.07) is 4.08. The molecule has 0 saturated heterocycles. The third kappa shape index (κ3) is 2.92. The van der Waals surface area contributed by atoms with Crippen LogP contribution in [0.4, 0.5) is 0 Å². The smallest absolute Gasteiger partial charge is 0.0273 e. The number of rotatable bonds is 3. The summed E-state index contributed by atoms with van der Waals surface area (Å²) in [7, 11) is 0. The summed E-state index contributed by atoms with van der Waals surface area (Å²) in [5.74, 6) is 0.715. The van der Waals surface area contributed by atoms with E-state index in [1.165, 1.54) is 43.2 Å². The van der Waals surface area contributed by atoms with E-state index in [-0.39, 0.29) is 0 Å². The second-order valence-electron chi connectivity index (χ2n) is 4.54. The predicted octanol–water partition coefficient (Wildman–Crippen LogP) is 3.00. The Morgan fingerprint density at radius 3 is 2.56 bits per heavy atom. The van der Waals surface area contributed by atoms with Gasteiger partial charge in [-0.2, -0.15) is 0 Å². The van der Waals surface area contributed by atoms with Crippen LogP contribution in [0.5, 0.6) is 0 Å². The van der Waals surface area contributed by atoms with E-state index >= 15 is 0 Å². The summed E-state index contributed by atoms with van der Waals surface area (Å²) < 4.78 is 0. The number of aromatic nitrogens is 1. The van der Waals surface area contributed by atoms with Gasteiger partial charge in [0.05, 0.1) is 0 Å². The average molecular weight is 216 g/mol. The molecule has 0 unspecified atom stereocenters. The first-order chi connectivity index (χ1) is 7.90. The highest BCUT2D eigenvalue weighted by Crippen LogP contribution is 2.30. The fraction of sp³-hybridized carbons (Fsp3) is 0.500. The second-order valence-corrected chi connectivity index (χ2v) is 4.54. The highest BCUT2D eigenvalue weighted by molar-refractivity contribution is 5.53. The Balaban J connectivity index is 2.12. The van der Waals surface area contributed by atoms with E-state index < -0.39 is 0 Å². The van der Waals surface area contributed by atoms with Crippen LogP contribution in [0.25, 0.3) is 6.08 Å². The number of nitrogens with two attached hydrogens (primary N) is 1. The maximum atomic E-state index is 5.87. The van der Waals surface area contributed by atoms with Gasteiger partial charge in [-0.25, -0.2) is 0 Å². The molecule has 0 bridgehead atoms. The molecule has 2 rings (SSSR count). The maximum absolute atomic E-state index is 5.87. The van der Waals surface area contributed by atoms with Crippen LogP contribution in [0, 0.1) is 5.92 Å². The summed E-state index contributed by atoms with van der Waals surface area (Å²) in [4.78, 5) is 4.03. The average Bonchev–Trinajstić information content (AvgIpc) is 2.38. The molecule has 1 fully saturated rings. The van der Waals surface area contributed by atoms with Crippen molar-refractivity contribution >= 4 is 6.08 Å². The van der Waals surface area contributed by atoms with Crippen LogP contribution in [0.1, 0.15) is 37.7 Å². The van der Waals surface area contributed by atoms with Crippen LogP contribution < -0.4 is 5.73 Å².